The summed E-state index contributed by atoms with van der Waals surface area (Å²) in [6, 6.07) is 15.7. The molecule has 4 aromatic rings. The van der Waals surface area contributed by atoms with Crippen LogP contribution in [0.2, 0.25) is 0 Å². The number of nitrogens with one attached hydrogen (secondary N) is 1. The predicted octanol–water partition coefficient (Wildman–Crippen LogP) is 5.89. The summed E-state index contributed by atoms with van der Waals surface area (Å²) < 4.78 is 74.6. The highest BCUT2D eigenvalue weighted by Gasteiger charge is 2.42. The summed E-state index contributed by atoms with van der Waals surface area (Å²) in [6.45, 7) is 2.33. The molecule has 2 aromatic heterocycles. The summed E-state index contributed by atoms with van der Waals surface area (Å²) in [6.07, 6.45) is -2.45. The van der Waals surface area contributed by atoms with E-state index in [2.05, 4.69) is 15.3 Å². The lowest BCUT2D eigenvalue weighted by Gasteiger charge is -2.35. The number of benzene rings is 2. The van der Waals surface area contributed by atoms with Crippen molar-refractivity contribution in [3.8, 4) is 0 Å². The molecule has 0 unspecified atom stereocenters. The molecule has 47 heavy (non-hydrogen) atoms. The number of piperidine rings is 1. The van der Waals surface area contributed by atoms with Gasteiger partial charge in [0.2, 0.25) is 11.7 Å². The molecular weight excluding hydrogens is 623 g/mol. The molecule has 14 heteroatoms. The molecule has 2 aromatic carbocycles. The summed E-state index contributed by atoms with van der Waals surface area (Å²) >= 11 is 0. The molecule has 2 amide bonds. The number of nitrogens with zero attached hydrogens (tertiary/aromatic N) is 5. The lowest BCUT2D eigenvalue weighted by atomic mass is 9.90. The third-order valence-electron chi connectivity index (χ3n) is 8.44. The van der Waals surface area contributed by atoms with E-state index >= 15 is 0 Å². The fraction of sp³-hybridized carbons (Fsp3) is 0.333. The number of alkyl halides is 3. The van der Waals surface area contributed by atoms with Gasteiger partial charge in [-0.15, -0.1) is 0 Å². The highest BCUT2D eigenvalue weighted by Crippen LogP contribution is 2.36. The first-order valence-electron chi connectivity index (χ1n) is 15.2. The molecule has 0 atom stereocenters. The van der Waals surface area contributed by atoms with Crippen LogP contribution in [-0.4, -0.2) is 66.0 Å². The average Bonchev–Trinajstić information content (AvgIpc) is 3.54. The molecule has 0 aliphatic carbocycles. The summed E-state index contributed by atoms with van der Waals surface area (Å²) in [5, 5.41) is 2.42. The molecule has 0 spiro atoms. The minimum Gasteiger partial charge on any atom is -0.417 e. The molecule has 0 saturated carbocycles. The Morgan fingerprint density at radius 2 is 1.62 bits per heavy atom. The van der Waals surface area contributed by atoms with Crippen LogP contribution in [0.15, 0.2) is 71.3 Å². The van der Waals surface area contributed by atoms with Crippen molar-refractivity contribution in [3.05, 3.63) is 101 Å². The van der Waals surface area contributed by atoms with Gasteiger partial charge in [0.25, 0.3) is 11.9 Å². The summed E-state index contributed by atoms with van der Waals surface area (Å²) in [5.41, 5.74) is -0.0843. The molecule has 9 nitrogen and oxygen atoms in total. The molecule has 0 radical (unpaired) electrons. The third kappa shape index (κ3) is 7.36. The minimum atomic E-state index is -4.91. The van der Waals surface area contributed by atoms with Crippen molar-refractivity contribution in [1.29, 1.82) is 0 Å². The van der Waals surface area contributed by atoms with Gasteiger partial charge in [-0.1, -0.05) is 30.3 Å². The number of halogens is 5. The Bertz CT molecular complexity index is 1720. The number of pyridine rings is 1. The van der Waals surface area contributed by atoms with Crippen molar-refractivity contribution in [3.63, 3.8) is 0 Å². The zero-order chi connectivity index (χ0) is 33.1. The van der Waals surface area contributed by atoms with Crippen LogP contribution < -0.4 is 15.1 Å². The zero-order valence-electron chi connectivity index (χ0n) is 25.1. The Labute approximate surface area is 267 Å². The van der Waals surface area contributed by atoms with Gasteiger partial charge in [0.15, 0.2) is 5.69 Å². The smallest absolute Gasteiger partial charge is 0.417 e. The Hall–Kier alpha value is -5.01. The van der Waals surface area contributed by atoms with Gasteiger partial charge >= 0.3 is 6.18 Å². The van der Waals surface area contributed by atoms with Crippen molar-refractivity contribution < 1.29 is 36.0 Å². The van der Waals surface area contributed by atoms with Crippen molar-refractivity contribution in [2.24, 2.45) is 0 Å². The number of anilines is 3. The standard InChI is InChI=1S/C33H31F5N6O3/c34-24-6-8-26(35)23(18-24)19-28(45)43-16-14-42(15-17-43)27-9-7-25(20-39-27)40-31(46)29-30(33(36,37)38)41-32(47-29)44-12-10-22(11-13-44)21-4-2-1-3-5-21/h1-9,18,20,22H,10-17,19H2,(H,40,46). The average molecular weight is 655 g/mol. The largest absolute Gasteiger partial charge is 0.437 e. The number of carbonyl (C=O) groups excluding carboxylic acids is 2. The maximum atomic E-state index is 14.0. The zero-order valence-corrected chi connectivity index (χ0v) is 25.1. The molecule has 1 N–H and O–H groups in total. The molecule has 0 bridgehead atoms. The second-order valence-electron chi connectivity index (χ2n) is 11.5. The Kier molecular flexibility index (Phi) is 9.10. The topological polar surface area (TPSA) is 94.8 Å². The van der Waals surface area contributed by atoms with Gasteiger partial charge in [0.1, 0.15) is 17.5 Å². The van der Waals surface area contributed by atoms with E-state index in [1.165, 1.54) is 17.8 Å². The van der Waals surface area contributed by atoms with Gasteiger partial charge in [-0.05, 0) is 54.7 Å². The monoisotopic (exact) mass is 654 g/mol. The van der Waals surface area contributed by atoms with Crippen molar-refractivity contribution in [2.75, 3.05) is 54.4 Å². The summed E-state index contributed by atoms with van der Waals surface area (Å²) in [7, 11) is 0. The molecule has 246 valence electrons. The van der Waals surface area contributed by atoms with Crippen LogP contribution >= 0.6 is 0 Å². The molecular formula is C33H31F5N6O3. The van der Waals surface area contributed by atoms with E-state index in [0.717, 1.165) is 18.2 Å². The maximum absolute atomic E-state index is 14.0. The second-order valence-corrected chi connectivity index (χ2v) is 11.5. The lowest BCUT2D eigenvalue weighted by molar-refractivity contribution is -0.141. The molecule has 6 rings (SSSR count). The number of hydrogen-bond acceptors (Lipinski definition) is 7. The molecule has 2 fully saturated rings. The van der Waals surface area contributed by atoms with Gasteiger partial charge < -0.3 is 24.4 Å². The number of piperazine rings is 1. The Morgan fingerprint density at radius 3 is 2.28 bits per heavy atom. The van der Waals surface area contributed by atoms with Gasteiger partial charge in [0.05, 0.1) is 18.3 Å². The van der Waals surface area contributed by atoms with Gasteiger partial charge in [-0.2, -0.15) is 18.2 Å². The molecule has 2 aliphatic heterocycles. The Balaban J connectivity index is 1.05. The normalized spacial score (nSPS) is 16.0. The highest BCUT2D eigenvalue weighted by atomic mass is 19.4. The van der Waals surface area contributed by atoms with Gasteiger partial charge in [-0.3, -0.25) is 9.59 Å². The molecule has 2 aliphatic rings. The number of hydrogen-bond donors (Lipinski definition) is 1. The van der Waals surface area contributed by atoms with E-state index in [0.29, 0.717) is 57.9 Å². The first kappa shape index (κ1) is 32.0. The molecule has 4 heterocycles. The molecule has 2 saturated heterocycles. The van der Waals surface area contributed by atoms with Crippen LogP contribution in [0.4, 0.5) is 39.5 Å². The fourth-order valence-corrected chi connectivity index (χ4v) is 5.89. The minimum absolute atomic E-state index is 0.0101. The number of rotatable bonds is 7. The van der Waals surface area contributed by atoms with Crippen LogP contribution in [0.1, 0.15) is 46.1 Å². The van der Waals surface area contributed by atoms with E-state index in [1.54, 1.807) is 15.9 Å². The summed E-state index contributed by atoms with van der Waals surface area (Å²) in [5.74, 6) is -2.83. The predicted molar refractivity (Wildman–Crippen MR) is 163 cm³/mol. The first-order valence-corrected chi connectivity index (χ1v) is 15.2. The highest BCUT2D eigenvalue weighted by molar-refractivity contribution is 6.03. The van der Waals surface area contributed by atoms with E-state index in [4.69, 9.17) is 4.42 Å². The van der Waals surface area contributed by atoms with E-state index in [-0.39, 0.29) is 35.5 Å². The van der Waals surface area contributed by atoms with Crippen molar-refractivity contribution in [1.82, 2.24) is 14.9 Å². The number of aromatic nitrogens is 2. The van der Waals surface area contributed by atoms with Crippen molar-refractivity contribution in [2.45, 2.75) is 31.4 Å². The fourth-order valence-electron chi connectivity index (χ4n) is 5.89. The summed E-state index contributed by atoms with van der Waals surface area (Å²) in [4.78, 5) is 38.7. The van der Waals surface area contributed by atoms with Gasteiger partial charge in [-0.25, -0.2) is 13.8 Å². The van der Waals surface area contributed by atoms with Crippen LogP contribution in [0.25, 0.3) is 0 Å². The van der Waals surface area contributed by atoms with E-state index in [1.807, 2.05) is 35.2 Å². The van der Waals surface area contributed by atoms with Crippen LogP contribution in [0.5, 0.6) is 0 Å². The SMILES string of the molecule is O=C(Nc1ccc(N2CCN(C(=O)Cc3cc(F)ccc3F)CC2)nc1)c1oc(N2CCC(c3ccccc3)CC2)nc1C(F)(F)F. The third-order valence-corrected chi connectivity index (χ3v) is 8.44. The van der Waals surface area contributed by atoms with Crippen LogP contribution in [0.3, 0.4) is 0 Å². The van der Waals surface area contributed by atoms with E-state index < -0.39 is 35.2 Å². The lowest BCUT2D eigenvalue weighted by Crippen LogP contribution is -2.49. The van der Waals surface area contributed by atoms with Crippen LogP contribution in [0, 0.1) is 11.6 Å². The van der Waals surface area contributed by atoms with E-state index in [9.17, 15) is 31.5 Å². The van der Waals surface area contributed by atoms with Crippen molar-refractivity contribution >= 4 is 29.3 Å². The quantitative estimate of drug-likeness (QED) is 0.248. The first-order chi connectivity index (χ1) is 22.5. The Morgan fingerprint density at radius 1 is 0.894 bits per heavy atom. The number of oxazole rings is 1. The number of carbonyl (C=O) groups is 2. The van der Waals surface area contributed by atoms with Crippen LogP contribution in [-0.2, 0) is 17.4 Å². The second kappa shape index (κ2) is 13.4. The maximum Gasteiger partial charge on any atom is 0.437 e. The van der Waals surface area contributed by atoms with Gasteiger partial charge in [0, 0.05) is 44.8 Å². The number of amides is 2.